The van der Waals surface area contributed by atoms with E-state index in [9.17, 15) is 13.6 Å². The monoisotopic (exact) mass is 342 g/mol. The minimum Gasteiger partial charge on any atom is -0.331 e. The summed E-state index contributed by atoms with van der Waals surface area (Å²) in [5.41, 5.74) is 1.24. The van der Waals surface area contributed by atoms with Gasteiger partial charge in [0.25, 0.3) is 5.91 Å². The number of fused-ring (bicyclic) bond motifs is 1. The number of nitrogens with zero attached hydrogens (tertiary/aromatic N) is 4. The number of likely N-dealkylation sites (tertiary alicyclic amines) is 1. The van der Waals surface area contributed by atoms with Crippen LogP contribution in [0.3, 0.4) is 0 Å². The SMILES string of the molecule is O=C(c1cccn2ncnc12)N1CCCCC1c1ccc(F)cc1F. The Morgan fingerprint density at radius 3 is 2.92 bits per heavy atom. The largest absolute Gasteiger partial charge is 0.331 e. The maximum atomic E-state index is 14.3. The van der Waals surface area contributed by atoms with Crippen LogP contribution in [0.1, 0.15) is 41.2 Å². The van der Waals surface area contributed by atoms with E-state index >= 15 is 0 Å². The third-order valence-electron chi connectivity index (χ3n) is 4.62. The van der Waals surface area contributed by atoms with Gasteiger partial charge >= 0.3 is 0 Å². The Labute approximate surface area is 142 Å². The van der Waals surface area contributed by atoms with E-state index in [0.29, 0.717) is 29.7 Å². The zero-order chi connectivity index (χ0) is 17.4. The second kappa shape index (κ2) is 6.23. The first-order valence-electron chi connectivity index (χ1n) is 8.19. The first-order valence-corrected chi connectivity index (χ1v) is 8.19. The number of aromatic nitrogens is 3. The van der Waals surface area contributed by atoms with Gasteiger partial charge in [0.05, 0.1) is 11.6 Å². The van der Waals surface area contributed by atoms with Crippen molar-refractivity contribution in [1.82, 2.24) is 19.5 Å². The minimum absolute atomic E-state index is 0.216. The molecule has 1 amide bonds. The van der Waals surface area contributed by atoms with Gasteiger partial charge in [-0.25, -0.2) is 18.3 Å². The molecule has 0 aliphatic carbocycles. The highest BCUT2D eigenvalue weighted by Crippen LogP contribution is 2.34. The van der Waals surface area contributed by atoms with Gasteiger partial charge in [0.1, 0.15) is 18.0 Å². The van der Waals surface area contributed by atoms with Crippen LogP contribution >= 0.6 is 0 Å². The van der Waals surface area contributed by atoms with Crippen molar-refractivity contribution in [1.29, 1.82) is 0 Å². The van der Waals surface area contributed by atoms with Gasteiger partial charge in [-0.05, 0) is 37.5 Å². The number of carbonyl (C=O) groups is 1. The van der Waals surface area contributed by atoms with Crippen LogP contribution in [0.2, 0.25) is 0 Å². The van der Waals surface area contributed by atoms with Gasteiger partial charge in [0, 0.05) is 24.4 Å². The van der Waals surface area contributed by atoms with E-state index in [-0.39, 0.29) is 5.91 Å². The summed E-state index contributed by atoms with van der Waals surface area (Å²) in [5.74, 6) is -1.46. The second-order valence-corrected chi connectivity index (χ2v) is 6.13. The second-order valence-electron chi connectivity index (χ2n) is 6.13. The van der Waals surface area contributed by atoms with Crippen LogP contribution in [-0.4, -0.2) is 31.9 Å². The third kappa shape index (κ3) is 2.75. The molecular formula is C18H16F2N4O. The zero-order valence-corrected chi connectivity index (χ0v) is 13.4. The molecule has 0 bridgehead atoms. The van der Waals surface area contributed by atoms with E-state index in [0.717, 1.165) is 18.9 Å². The highest BCUT2D eigenvalue weighted by molar-refractivity contribution is 6.00. The number of rotatable bonds is 2. The first-order chi connectivity index (χ1) is 12.1. The Hall–Kier alpha value is -2.83. The Balaban J connectivity index is 1.74. The van der Waals surface area contributed by atoms with Crippen LogP contribution < -0.4 is 0 Å². The van der Waals surface area contributed by atoms with E-state index in [4.69, 9.17) is 0 Å². The highest BCUT2D eigenvalue weighted by atomic mass is 19.1. The number of hydrogen-bond acceptors (Lipinski definition) is 3. The summed E-state index contributed by atoms with van der Waals surface area (Å²) in [6, 6.07) is 6.54. The molecule has 0 saturated carbocycles. The predicted octanol–water partition coefficient (Wildman–Crippen LogP) is 3.37. The molecule has 7 heteroatoms. The van der Waals surface area contributed by atoms with Crippen LogP contribution in [0.25, 0.3) is 5.65 Å². The molecule has 5 nitrogen and oxygen atoms in total. The van der Waals surface area contributed by atoms with Gasteiger partial charge in [-0.1, -0.05) is 6.07 Å². The van der Waals surface area contributed by atoms with Gasteiger partial charge in [0.2, 0.25) is 0 Å². The highest BCUT2D eigenvalue weighted by Gasteiger charge is 2.31. The molecule has 1 aliphatic rings. The van der Waals surface area contributed by atoms with Crippen molar-refractivity contribution < 1.29 is 13.6 Å². The molecule has 1 fully saturated rings. The fraction of sp³-hybridized carbons (Fsp3) is 0.278. The molecule has 128 valence electrons. The van der Waals surface area contributed by atoms with Gasteiger partial charge in [-0.2, -0.15) is 5.10 Å². The number of amides is 1. The Bertz CT molecular complexity index is 940. The molecule has 2 aromatic heterocycles. The van der Waals surface area contributed by atoms with Gasteiger partial charge in [-0.15, -0.1) is 0 Å². The van der Waals surface area contributed by atoms with Crippen LogP contribution in [0.15, 0.2) is 42.9 Å². The van der Waals surface area contributed by atoms with Crippen molar-refractivity contribution >= 4 is 11.6 Å². The molecule has 25 heavy (non-hydrogen) atoms. The Morgan fingerprint density at radius 1 is 1.20 bits per heavy atom. The lowest BCUT2D eigenvalue weighted by molar-refractivity contribution is 0.0608. The molecule has 3 heterocycles. The molecule has 1 aromatic carbocycles. The summed E-state index contributed by atoms with van der Waals surface area (Å²) in [4.78, 5) is 18.9. The van der Waals surface area contributed by atoms with E-state index in [1.165, 1.54) is 23.0 Å². The van der Waals surface area contributed by atoms with Crippen molar-refractivity contribution in [2.45, 2.75) is 25.3 Å². The van der Waals surface area contributed by atoms with Gasteiger partial charge in [-0.3, -0.25) is 4.79 Å². The number of piperidine rings is 1. The molecule has 1 atom stereocenters. The number of pyridine rings is 1. The fourth-order valence-corrected chi connectivity index (χ4v) is 3.44. The summed E-state index contributed by atoms with van der Waals surface area (Å²) in [6.07, 6.45) is 5.48. The van der Waals surface area contributed by atoms with Crippen LogP contribution in [0.4, 0.5) is 8.78 Å². The molecule has 1 unspecified atom stereocenters. The lowest BCUT2D eigenvalue weighted by Crippen LogP contribution is -2.39. The number of halogens is 2. The first kappa shape index (κ1) is 15.7. The molecule has 0 radical (unpaired) electrons. The van der Waals surface area contributed by atoms with Gasteiger partial charge in [0.15, 0.2) is 5.65 Å². The summed E-state index contributed by atoms with van der Waals surface area (Å²) in [6.45, 7) is 0.523. The quantitative estimate of drug-likeness (QED) is 0.717. The normalized spacial score (nSPS) is 17.8. The molecule has 1 aliphatic heterocycles. The molecule has 3 aromatic rings. The summed E-state index contributed by atoms with van der Waals surface area (Å²) < 4.78 is 29.0. The molecule has 0 N–H and O–H groups in total. The number of hydrogen-bond donors (Lipinski definition) is 0. The van der Waals surface area contributed by atoms with Crippen molar-refractivity contribution in [3.63, 3.8) is 0 Å². The lowest BCUT2D eigenvalue weighted by Gasteiger charge is -2.36. The average Bonchev–Trinajstić information content (AvgIpc) is 3.10. The Kier molecular flexibility index (Phi) is 3.91. The van der Waals surface area contributed by atoms with Crippen LogP contribution in [0, 0.1) is 11.6 Å². The average molecular weight is 342 g/mol. The number of carbonyl (C=O) groups excluding carboxylic acids is 1. The summed E-state index contributed by atoms with van der Waals surface area (Å²) >= 11 is 0. The van der Waals surface area contributed by atoms with Crippen molar-refractivity contribution in [2.24, 2.45) is 0 Å². The van der Waals surface area contributed by atoms with Crippen LogP contribution in [-0.2, 0) is 0 Å². The maximum absolute atomic E-state index is 14.3. The maximum Gasteiger partial charge on any atom is 0.258 e. The van der Waals surface area contributed by atoms with Crippen LogP contribution in [0.5, 0.6) is 0 Å². The summed E-state index contributed by atoms with van der Waals surface area (Å²) in [5, 5.41) is 4.04. The van der Waals surface area contributed by atoms with Crippen molar-refractivity contribution in [2.75, 3.05) is 6.54 Å². The molecule has 1 saturated heterocycles. The van der Waals surface area contributed by atoms with Gasteiger partial charge < -0.3 is 4.90 Å². The zero-order valence-electron chi connectivity index (χ0n) is 13.4. The number of benzene rings is 1. The minimum atomic E-state index is -0.622. The van der Waals surface area contributed by atoms with E-state index < -0.39 is 17.7 Å². The van der Waals surface area contributed by atoms with Crippen molar-refractivity contribution in [3.8, 4) is 0 Å². The predicted molar refractivity (Wildman–Crippen MR) is 87.0 cm³/mol. The Morgan fingerprint density at radius 2 is 2.08 bits per heavy atom. The molecule has 0 spiro atoms. The molecular weight excluding hydrogens is 326 g/mol. The summed E-state index contributed by atoms with van der Waals surface area (Å²) in [7, 11) is 0. The lowest BCUT2D eigenvalue weighted by atomic mass is 9.94. The fourth-order valence-electron chi connectivity index (χ4n) is 3.44. The standard InChI is InChI=1S/C18H16F2N4O/c19-12-6-7-13(15(20)10-12)16-5-1-2-8-23(16)18(25)14-4-3-9-24-17(14)21-11-22-24/h3-4,6-7,9-11,16H,1-2,5,8H2. The topological polar surface area (TPSA) is 50.5 Å². The van der Waals surface area contributed by atoms with Crippen molar-refractivity contribution in [3.05, 3.63) is 65.6 Å². The molecule has 4 rings (SSSR count). The van der Waals surface area contributed by atoms with E-state index in [2.05, 4.69) is 10.1 Å². The smallest absolute Gasteiger partial charge is 0.258 e. The van der Waals surface area contributed by atoms with E-state index in [1.807, 2.05) is 0 Å². The van der Waals surface area contributed by atoms with E-state index in [1.54, 1.807) is 23.2 Å². The third-order valence-corrected chi connectivity index (χ3v) is 4.62.